The van der Waals surface area contributed by atoms with Crippen molar-refractivity contribution < 1.29 is 22.8 Å². The van der Waals surface area contributed by atoms with Crippen molar-refractivity contribution in [2.45, 2.75) is 45.2 Å². The minimum atomic E-state index is -5.00. The van der Waals surface area contributed by atoms with Gasteiger partial charge in [0.15, 0.2) is 5.78 Å². The van der Waals surface area contributed by atoms with E-state index in [9.17, 15) is 22.8 Å². The Kier molecular flexibility index (Phi) is 6.00. The molecule has 0 unspecified atom stereocenters. The third-order valence-corrected chi connectivity index (χ3v) is 2.13. The average molecular weight is 236 g/mol. The Morgan fingerprint density at radius 1 is 1.12 bits per heavy atom. The zero-order valence-electron chi connectivity index (χ0n) is 9.19. The van der Waals surface area contributed by atoms with Crippen LogP contribution in [-0.4, -0.2) is 17.7 Å². The molecule has 92 valence electrons. The Hall–Kier alpha value is -1.13. The molecular weight excluding hydrogens is 221 g/mol. The lowest BCUT2D eigenvalue weighted by atomic mass is 10.0. The molecule has 0 rings (SSSR count). The standard InChI is InChI=1S/C11H15F3O2/c1-3-4-5-6-7-9(15)8(2)10(16)11(12,13)14/h2-7H2,1H3. The molecule has 0 spiro atoms. The number of hydrogen-bond acceptors (Lipinski definition) is 2. The number of carbonyl (C=O) groups excluding carboxylic acids is 2. The van der Waals surface area contributed by atoms with Gasteiger partial charge in [0.2, 0.25) is 0 Å². The van der Waals surface area contributed by atoms with E-state index < -0.39 is 23.3 Å². The number of allylic oxidation sites excluding steroid dienone is 1. The predicted molar refractivity (Wildman–Crippen MR) is 54.0 cm³/mol. The molecule has 2 nitrogen and oxygen atoms in total. The van der Waals surface area contributed by atoms with Crippen molar-refractivity contribution >= 4 is 11.6 Å². The number of rotatable bonds is 7. The highest BCUT2D eigenvalue weighted by Gasteiger charge is 2.41. The van der Waals surface area contributed by atoms with Crippen molar-refractivity contribution in [3.05, 3.63) is 12.2 Å². The summed E-state index contributed by atoms with van der Waals surface area (Å²) in [5.41, 5.74) is -0.955. The first kappa shape index (κ1) is 14.9. The Morgan fingerprint density at radius 3 is 2.12 bits per heavy atom. The highest BCUT2D eigenvalue weighted by atomic mass is 19.4. The summed E-state index contributed by atoms with van der Waals surface area (Å²) in [6.07, 6.45) is -1.88. The van der Waals surface area contributed by atoms with Crippen molar-refractivity contribution in [1.29, 1.82) is 0 Å². The molecule has 0 aromatic carbocycles. The maximum absolute atomic E-state index is 11.9. The second kappa shape index (κ2) is 6.45. The molecule has 0 atom stereocenters. The smallest absolute Gasteiger partial charge is 0.294 e. The zero-order valence-corrected chi connectivity index (χ0v) is 9.19. The van der Waals surface area contributed by atoms with Gasteiger partial charge < -0.3 is 0 Å². The molecule has 0 heterocycles. The molecule has 16 heavy (non-hydrogen) atoms. The average Bonchev–Trinajstić information content (AvgIpc) is 2.20. The van der Waals surface area contributed by atoms with E-state index >= 15 is 0 Å². The molecule has 0 aliphatic rings. The molecule has 0 fully saturated rings. The van der Waals surface area contributed by atoms with Gasteiger partial charge in [-0.25, -0.2) is 0 Å². The van der Waals surface area contributed by atoms with Crippen LogP contribution in [0.1, 0.15) is 39.0 Å². The molecule has 0 bridgehead atoms. The molecule has 5 heteroatoms. The molecule has 0 amide bonds. The van der Waals surface area contributed by atoms with E-state index in [4.69, 9.17) is 0 Å². The molecule has 0 aromatic rings. The molecular formula is C11H15F3O2. The summed E-state index contributed by atoms with van der Waals surface area (Å²) in [5, 5.41) is 0. The molecule has 0 aliphatic heterocycles. The number of carbonyl (C=O) groups is 2. The van der Waals surface area contributed by atoms with E-state index in [1.807, 2.05) is 6.92 Å². The van der Waals surface area contributed by atoms with E-state index in [1.165, 1.54) is 0 Å². The summed E-state index contributed by atoms with van der Waals surface area (Å²) in [4.78, 5) is 21.8. The fraction of sp³-hybridized carbons (Fsp3) is 0.636. The lowest BCUT2D eigenvalue weighted by Gasteiger charge is -2.06. The van der Waals surface area contributed by atoms with Gasteiger partial charge in [-0.15, -0.1) is 0 Å². The van der Waals surface area contributed by atoms with Crippen LogP contribution in [0.3, 0.4) is 0 Å². The third-order valence-electron chi connectivity index (χ3n) is 2.13. The molecule has 0 radical (unpaired) electrons. The van der Waals surface area contributed by atoms with Crippen LogP contribution in [-0.2, 0) is 9.59 Å². The molecule has 0 saturated heterocycles. The van der Waals surface area contributed by atoms with Crippen LogP contribution in [0.15, 0.2) is 12.2 Å². The molecule has 0 N–H and O–H groups in total. The van der Waals surface area contributed by atoms with E-state index in [0.717, 1.165) is 19.3 Å². The lowest BCUT2D eigenvalue weighted by molar-refractivity contribution is -0.167. The van der Waals surface area contributed by atoms with Gasteiger partial charge in [0, 0.05) is 6.42 Å². The summed E-state index contributed by atoms with van der Waals surface area (Å²) >= 11 is 0. The Bertz CT molecular complexity index is 279. The largest absolute Gasteiger partial charge is 0.454 e. The number of unbranched alkanes of at least 4 members (excludes halogenated alkanes) is 3. The van der Waals surface area contributed by atoms with Crippen LogP contribution in [0.4, 0.5) is 13.2 Å². The Balaban J connectivity index is 4.10. The van der Waals surface area contributed by atoms with E-state index in [-0.39, 0.29) is 6.42 Å². The van der Waals surface area contributed by atoms with E-state index in [2.05, 4.69) is 6.58 Å². The summed E-state index contributed by atoms with van der Waals surface area (Å²) < 4.78 is 35.8. The van der Waals surface area contributed by atoms with Crippen LogP contribution in [0, 0.1) is 0 Å². The number of alkyl halides is 3. The van der Waals surface area contributed by atoms with Crippen LogP contribution in [0.5, 0.6) is 0 Å². The highest BCUT2D eigenvalue weighted by molar-refractivity contribution is 6.21. The first-order valence-electron chi connectivity index (χ1n) is 5.14. The lowest BCUT2D eigenvalue weighted by Crippen LogP contribution is -2.27. The SMILES string of the molecule is C=C(C(=O)CCCCCC)C(=O)C(F)(F)F. The number of halogens is 3. The molecule has 0 saturated carbocycles. The first-order chi connectivity index (χ1) is 7.30. The second-order valence-corrected chi connectivity index (χ2v) is 3.54. The van der Waals surface area contributed by atoms with Gasteiger partial charge in [-0.05, 0) is 6.42 Å². The minimum Gasteiger partial charge on any atom is -0.294 e. The van der Waals surface area contributed by atoms with Gasteiger partial charge in [0.1, 0.15) is 0 Å². The maximum Gasteiger partial charge on any atom is 0.454 e. The number of Topliss-reactive ketones (excluding diaryl/α,β-unsaturated/α-hetero) is 2. The third kappa shape index (κ3) is 5.09. The predicted octanol–water partition coefficient (Wildman–Crippen LogP) is 3.21. The van der Waals surface area contributed by atoms with Crippen LogP contribution in [0.2, 0.25) is 0 Å². The van der Waals surface area contributed by atoms with Gasteiger partial charge in [0.05, 0.1) is 5.57 Å². The van der Waals surface area contributed by atoms with Crippen LogP contribution < -0.4 is 0 Å². The molecule has 0 aromatic heterocycles. The van der Waals surface area contributed by atoms with Crippen molar-refractivity contribution in [2.75, 3.05) is 0 Å². The van der Waals surface area contributed by atoms with Crippen molar-refractivity contribution in [3.8, 4) is 0 Å². The quantitative estimate of drug-likeness (QED) is 0.294. The van der Waals surface area contributed by atoms with Gasteiger partial charge in [-0.3, -0.25) is 9.59 Å². The van der Waals surface area contributed by atoms with E-state index in [0.29, 0.717) is 6.42 Å². The van der Waals surface area contributed by atoms with Gasteiger partial charge in [-0.1, -0.05) is 32.8 Å². The summed E-state index contributed by atoms with van der Waals surface area (Å²) in [7, 11) is 0. The van der Waals surface area contributed by atoms with Crippen molar-refractivity contribution in [1.82, 2.24) is 0 Å². The normalized spacial score (nSPS) is 11.2. The summed E-state index contributed by atoms with van der Waals surface area (Å²) in [5.74, 6) is -2.94. The topological polar surface area (TPSA) is 34.1 Å². The van der Waals surface area contributed by atoms with Crippen molar-refractivity contribution in [2.24, 2.45) is 0 Å². The zero-order chi connectivity index (χ0) is 12.8. The fourth-order valence-electron chi connectivity index (χ4n) is 1.16. The highest BCUT2D eigenvalue weighted by Crippen LogP contribution is 2.21. The summed E-state index contributed by atoms with van der Waals surface area (Å²) in [6.45, 7) is 4.88. The minimum absolute atomic E-state index is 0.0410. The Labute approximate surface area is 92.5 Å². The monoisotopic (exact) mass is 236 g/mol. The number of hydrogen-bond donors (Lipinski definition) is 0. The maximum atomic E-state index is 11.9. The van der Waals surface area contributed by atoms with Crippen LogP contribution >= 0.6 is 0 Å². The van der Waals surface area contributed by atoms with E-state index in [1.54, 1.807) is 0 Å². The van der Waals surface area contributed by atoms with Crippen LogP contribution in [0.25, 0.3) is 0 Å². The molecule has 0 aliphatic carbocycles. The second-order valence-electron chi connectivity index (χ2n) is 3.54. The van der Waals surface area contributed by atoms with Gasteiger partial charge >= 0.3 is 6.18 Å². The number of ketones is 2. The summed E-state index contributed by atoms with van der Waals surface area (Å²) in [6, 6.07) is 0. The van der Waals surface area contributed by atoms with Crippen molar-refractivity contribution in [3.63, 3.8) is 0 Å². The Morgan fingerprint density at radius 2 is 1.69 bits per heavy atom. The van der Waals surface area contributed by atoms with Gasteiger partial charge in [-0.2, -0.15) is 13.2 Å². The van der Waals surface area contributed by atoms with Gasteiger partial charge in [0.25, 0.3) is 5.78 Å². The first-order valence-corrected chi connectivity index (χ1v) is 5.14. The fourth-order valence-corrected chi connectivity index (χ4v) is 1.16.